The first-order valence-electron chi connectivity index (χ1n) is 7.12. The van der Waals surface area contributed by atoms with E-state index in [1.54, 1.807) is 6.92 Å². The molecule has 22 heavy (non-hydrogen) atoms. The Labute approximate surface area is 133 Å². The van der Waals surface area contributed by atoms with Crippen molar-refractivity contribution in [1.29, 1.82) is 0 Å². The van der Waals surface area contributed by atoms with E-state index in [4.69, 9.17) is 4.52 Å². The third-order valence-corrected chi connectivity index (χ3v) is 4.36. The summed E-state index contributed by atoms with van der Waals surface area (Å²) < 4.78 is 5.14. The third-order valence-electron chi connectivity index (χ3n) is 3.24. The van der Waals surface area contributed by atoms with E-state index in [9.17, 15) is 9.90 Å². The van der Waals surface area contributed by atoms with E-state index in [1.807, 2.05) is 37.4 Å². The number of carbonyl (C=O) groups excluding carboxylic acids is 1. The highest BCUT2D eigenvalue weighted by molar-refractivity contribution is 7.10. The minimum atomic E-state index is -1.08. The first-order chi connectivity index (χ1) is 10.4. The van der Waals surface area contributed by atoms with Gasteiger partial charge in [0.1, 0.15) is 5.60 Å². The Bertz CT molecular complexity index is 605. The molecule has 0 saturated carbocycles. The number of hydrogen-bond acceptors (Lipinski definition) is 5. The zero-order chi connectivity index (χ0) is 16.2. The normalized spacial score (nSPS) is 13.9. The molecule has 0 saturated heterocycles. The number of nitrogens with zero attached hydrogens (tertiary/aromatic N) is 1. The van der Waals surface area contributed by atoms with Crippen molar-refractivity contribution in [2.75, 3.05) is 6.54 Å². The molecule has 2 amide bonds. The summed E-state index contributed by atoms with van der Waals surface area (Å²) in [6.45, 7) is 6.10. The zero-order valence-corrected chi connectivity index (χ0v) is 13.7. The fourth-order valence-corrected chi connectivity index (χ4v) is 2.63. The molecule has 0 bridgehead atoms. The predicted molar refractivity (Wildman–Crippen MR) is 84.7 cm³/mol. The van der Waals surface area contributed by atoms with E-state index < -0.39 is 5.60 Å². The molecule has 3 N–H and O–H groups in total. The number of rotatable bonds is 6. The van der Waals surface area contributed by atoms with E-state index in [2.05, 4.69) is 15.8 Å². The molecule has 2 aromatic heterocycles. The van der Waals surface area contributed by atoms with E-state index in [0.717, 1.165) is 10.6 Å². The van der Waals surface area contributed by atoms with Crippen LogP contribution < -0.4 is 10.6 Å². The maximum Gasteiger partial charge on any atom is 0.315 e. The van der Waals surface area contributed by atoms with Crippen LogP contribution in [-0.4, -0.2) is 22.8 Å². The molecule has 120 valence electrons. The molecule has 2 aromatic rings. The van der Waals surface area contributed by atoms with Crippen molar-refractivity contribution in [3.05, 3.63) is 39.9 Å². The number of carbonyl (C=O) groups is 1. The maximum absolute atomic E-state index is 11.8. The van der Waals surface area contributed by atoms with E-state index in [0.29, 0.717) is 5.76 Å². The lowest BCUT2D eigenvalue weighted by atomic mass is 10.1. The zero-order valence-electron chi connectivity index (χ0n) is 12.9. The third kappa shape index (κ3) is 4.32. The van der Waals surface area contributed by atoms with Gasteiger partial charge in [-0.3, -0.25) is 0 Å². The van der Waals surface area contributed by atoms with Gasteiger partial charge in [-0.1, -0.05) is 25.1 Å². The molecule has 7 heteroatoms. The lowest BCUT2D eigenvalue weighted by Crippen LogP contribution is -2.42. The summed E-state index contributed by atoms with van der Waals surface area (Å²) in [5, 5.41) is 21.5. The van der Waals surface area contributed by atoms with Crippen LogP contribution >= 0.6 is 11.3 Å². The number of amides is 2. The predicted octanol–water partition coefficient (Wildman–Crippen LogP) is 2.57. The van der Waals surface area contributed by atoms with E-state index >= 15 is 0 Å². The highest BCUT2D eigenvalue weighted by atomic mass is 32.1. The van der Waals surface area contributed by atoms with Gasteiger partial charge in [-0.2, -0.15) is 0 Å². The first-order valence-corrected chi connectivity index (χ1v) is 8.00. The Balaban J connectivity index is 1.78. The number of hydrogen-bond donors (Lipinski definition) is 3. The standard InChI is InChI=1S/C15H21N3O3S/c1-10(2)12-7-11(21-18-12)8-16-14(19)17-9-15(3,20)13-5-4-6-22-13/h4-7,10,20H,8-9H2,1-3H3,(H2,16,17,19). The lowest BCUT2D eigenvalue weighted by molar-refractivity contribution is 0.0631. The van der Waals surface area contributed by atoms with Crippen molar-refractivity contribution >= 4 is 17.4 Å². The Hall–Kier alpha value is -1.86. The monoisotopic (exact) mass is 323 g/mol. The van der Waals surface area contributed by atoms with Crippen LogP contribution in [0, 0.1) is 0 Å². The van der Waals surface area contributed by atoms with Gasteiger partial charge in [0, 0.05) is 10.9 Å². The van der Waals surface area contributed by atoms with Gasteiger partial charge in [-0.15, -0.1) is 11.3 Å². The maximum atomic E-state index is 11.8. The molecule has 1 atom stereocenters. The molecule has 0 aliphatic carbocycles. The van der Waals surface area contributed by atoms with E-state index in [-0.39, 0.29) is 25.0 Å². The van der Waals surface area contributed by atoms with Gasteiger partial charge in [-0.25, -0.2) is 4.79 Å². The van der Waals surface area contributed by atoms with Crippen molar-refractivity contribution in [2.24, 2.45) is 0 Å². The number of thiophene rings is 1. The molecular formula is C15H21N3O3S. The molecule has 1 unspecified atom stereocenters. The van der Waals surface area contributed by atoms with Gasteiger partial charge in [0.25, 0.3) is 0 Å². The number of urea groups is 1. The molecule has 0 radical (unpaired) electrons. The minimum Gasteiger partial charge on any atom is -0.383 e. The fourth-order valence-electron chi connectivity index (χ4n) is 1.84. The average molecular weight is 323 g/mol. The van der Waals surface area contributed by atoms with Crippen molar-refractivity contribution in [3.63, 3.8) is 0 Å². The van der Waals surface area contributed by atoms with Crippen molar-refractivity contribution in [2.45, 2.75) is 38.8 Å². The summed E-state index contributed by atoms with van der Waals surface area (Å²) in [5.74, 6) is 0.885. The highest BCUT2D eigenvalue weighted by Crippen LogP contribution is 2.24. The van der Waals surface area contributed by atoms with Crippen LogP contribution in [0.15, 0.2) is 28.1 Å². The van der Waals surface area contributed by atoms with Crippen LogP contribution in [-0.2, 0) is 12.1 Å². The second-order valence-corrected chi connectivity index (χ2v) is 6.61. The number of aliphatic hydroxyl groups is 1. The smallest absolute Gasteiger partial charge is 0.315 e. The molecule has 0 fully saturated rings. The molecular weight excluding hydrogens is 302 g/mol. The molecule has 0 aliphatic rings. The Morgan fingerprint density at radius 3 is 2.86 bits per heavy atom. The fraction of sp³-hybridized carbons (Fsp3) is 0.467. The van der Waals surface area contributed by atoms with Gasteiger partial charge in [0.2, 0.25) is 0 Å². The van der Waals surface area contributed by atoms with Gasteiger partial charge in [-0.05, 0) is 24.3 Å². The van der Waals surface area contributed by atoms with Crippen LogP contribution in [0.3, 0.4) is 0 Å². The van der Waals surface area contributed by atoms with Crippen LogP contribution in [0.25, 0.3) is 0 Å². The van der Waals surface area contributed by atoms with Crippen LogP contribution in [0.1, 0.15) is 43.0 Å². The molecule has 0 spiro atoms. The summed E-state index contributed by atoms with van der Waals surface area (Å²) in [4.78, 5) is 12.6. The molecule has 0 aliphatic heterocycles. The summed E-state index contributed by atoms with van der Waals surface area (Å²) in [7, 11) is 0. The Morgan fingerprint density at radius 2 is 2.27 bits per heavy atom. The second-order valence-electron chi connectivity index (χ2n) is 5.66. The SMILES string of the molecule is CC(C)c1cc(CNC(=O)NCC(C)(O)c2cccs2)on1. The molecule has 2 heterocycles. The molecule has 0 aromatic carbocycles. The second kappa shape index (κ2) is 6.93. The van der Waals surface area contributed by atoms with Crippen LogP contribution in [0.4, 0.5) is 4.79 Å². The number of aromatic nitrogens is 1. The van der Waals surface area contributed by atoms with Crippen molar-refractivity contribution < 1.29 is 14.4 Å². The largest absolute Gasteiger partial charge is 0.383 e. The van der Waals surface area contributed by atoms with E-state index in [1.165, 1.54) is 11.3 Å². The van der Waals surface area contributed by atoms with Crippen molar-refractivity contribution in [1.82, 2.24) is 15.8 Å². The Morgan fingerprint density at radius 1 is 1.50 bits per heavy atom. The summed E-state index contributed by atoms with van der Waals surface area (Å²) in [5.41, 5.74) is -0.222. The van der Waals surface area contributed by atoms with Gasteiger partial charge in [0.05, 0.1) is 18.8 Å². The lowest BCUT2D eigenvalue weighted by Gasteiger charge is -2.22. The summed E-state index contributed by atoms with van der Waals surface area (Å²) >= 11 is 1.45. The van der Waals surface area contributed by atoms with Gasteiger partial charge in [0.15, 0.2) is 5.76 Å². The first kappa shape index (κ1) is 16.5. The summed E-state index contributed by atoms with van der Waals surface area (Å²) in [6.07, 6.45) is 0. The highest BCUT2D eigenvalue weighted by Gasteiger charge is 2.24. The molecule has 2 rings (SSSR count). The molecule has 6 nitrogen and oxygen atoms in total. The van der Waals surface area contributed by atoms with Crippen LogP contribution in [0.2, 0.25) is 0 Å². The van der Waals surface area contributed by atoms with Gasteiger partial charge >= 0.3 is 6.03 Å². The van der Waals surface area contributed by atoms with Crippen LogP contribution in [0.5, 0.6) is 0 Å². The minimum absolute atomic E-state index is 0.132. The average Bonchev–Trinajstić information content (AvgIpc) is 3.13. The topological polar surface area (TPSA) is 87.4 Å². The van der Waals surface area contributed by atoms with Gasteiger partial charge < -0.3 is 20.3 Å². The summed E-state index contributed by atoms with van der Waals surface area (Å²) in [6, 6.07) is 5.17. The van der Waals surface area contributed by atoms with Crippen molar-refractivity contribution in [3.8, 4) is 0 Å². The quantitative estimate of drug-likeness (QED) is 0.762. The number of nitrogens with one attached hydrogen (secondary N) is 2. The Kier molecular flexibility index (Phi) is 5.20.